The van der Waals surface area contributed by atoms with Crippen molar-refractivity contribution in [3.05, 3.63) is 39.9 Å². The van der Waals surface area contributed by atoms with Gasteiger partial charge in [0.05, 0.1) is 27.7 Å². The van der Waals surface area contributed by atoms with Crippen molar-refractivity contribution in [2.75, 3.05) is 0 Å². The molecule has 0 unspecified atom stereocenters. The molecule has 2 rings (SSSR count). The first kappa shape index (κ1) is 12.6. The molecule has 2 heterocycles. The molecule has 0 saturated carbocycles. The summed E-state index contributed by atoms with van der Waals surface area (Å²) in [7, 11) is 0. The Morgan fingerprint density at radius 3 is 2.61 bits per heavy atom. The van der Waals surface area contributed by atoms with Gasteiger partial charge in [0.15, 0.2) is 5.84 Å². The minimum absolute atomic E-state index is 0.0175. The van der Waals surface area contributed by atoms with Crippen molar-refractivity contribution >= 4 is 21.8 Å². The van der Waals surface area contributed by atoms with Gasteiger partial charge >= 0.3 is 0 Å². The second-order valence-corrected chi connectivity index (χ2v) is 4.58. The molecule has 94 valence electrons. The zero-order valence-electron chi connectivity index (χ0n) is 9.92. The normalized spacial score (nSPS) is 11.8. The maximum Gasteiger partial charge on any atom is 0.188 e. The maximum atomic E-state index is 8.56. The summed E-state index contributed by atoms with van der Waals surface area (Å²) in [6, 6.07) is 3.49. The minimum atomic E-state index is -0.0175. The van der Waals surface area contributed by atoms with Gasteiger partial charge in [0.2, 0.25) is 0 Å². The van der Waals surface area contributed by atoms with E-state index in [4.69, 9.17) is 10.9 Å². The number of nitrogens with zero attached hydrogens (tertiary/aromatic N) is 4. The molecule has 0 aliphatic rings. The maximum absolute atomic E-state index is 8.56. The molecule has 2 aromatic rings. The molecule has 0 saturated heterocycles. The molecule has 0 aromatic carbocycles. The standard InChI is InChI=1S/C11H12BrN5O/c1-6-10(12)7(2)17(15-6)8-3-4-9(14-5-8)11(13)16-18/h3-5,18H,1-2H3,(H2,13,16). The van der Waals surface area contributed by atoms with Crippen LogP contribution in [0.4, 0.5) is 0 Å². The number of hydrogen-bond donors (Lipinski definition) is 2. The molecule has 6 nitrogen and oxygen atoms in total. The molecular formula is C11H12BrN5O. The van der Waals surface area contributed by atoms with E-state index in [2.05, 4.69) is 31.2 Å². The summed E-state index contributed by atoms with van der Waals surface area (Å²) in [6.07, 6.45) is 1.62. The van der Waals surface area contributed by atoms with Crippen LogP contribution in [0.3, 0.4) is 0 Å². The van der Waals surface area contributed by atoms with Crippen LogP contribution in [0.1, 0.15) is 17.1 Å². The van der Waals surface area contributed by atoms with E-state index in [0.29, 0.717) is 5.69 Å². The van der Waals surface area contributed by atoms with Gasteiger partial charge in [-0.1, -0.05) is 5.16 Å². The number of aryl methyl sites for hydroxylation is 1. The average Bonchev–Trinajstić information content (AvgIpc) is 2.66. The molecule has 0 bridgehead atoms. The Bertz CT molecular complexity index is 603. The molecule has 0 radical (unpaired) electrons. The van der Waals surface area contributed by atoms with E-state index >= 15 is 0 Å². The number of rotatable bonds is 2. The monoisotopic (exact) mass is 309 g/mol. The van der Waals surface area contributed by atoms with E-state index in [9.17, 15) is 0 Å². The van der Waals surface area contributed by atoms with Crippen LogP contribution in [-0.4, -0.2) is 25.8 Å². The number of halogens is 1. The van der Waals surface area contributed by atoms with Crippen molar-refractivity contribution in [2.45, 2.75) is 13.8 Å². The highest BCUT2D eigenvalue weighted by Crippen LogP contribution is 2.22. The van der Waals surface area contributed by atoms with Gasteiger partial charge in [0.25, 0.3) is 0 Å². The summed E-state index contributed by atoms with van der Waals surface area (Å²) in [5, 5.41) is 15.9. The third kappa shape index (κ3) is 2.08. The van der Waals surface area contributed by atoms with Crippen LogP contribution in [-0.2, 0) is 0 Å². The molecule has 3 N–H and O–H groups in total. The summed E-state index contributed by atoms with van der Waals surface area (Å²) >= 11 is 3.47. The third-order valence-electron chi connectivity index (χ3n) is 2.57. The Balaban J connectivity index is 2.43. The fourth-order valence-electron chi connectivity index (χ4n) is 1.59. The number of pyridine rings is 1. The lowest BCUT2D eigenvalue weighted by Crippen LogP contribution is -2.15. The summed E-state index contributed by atoms with van der Waals surface area (Å²) in [6.45, 7) is 3.88. The summed E-state index contributed by atoms with van der Waals surface area (Å²) in [4.78, 5) is 4.11. The van der Waals surface area contributed by atoms with Crippen LogP contribution in [0.5, 0.6) is 0 Å². The largest absolute Gasteiger partial charge is 0.409 e. The van der Waals surface area contributed by atoms with Gasteiger partial charge < -0.3 is 10.9 Å². The fourth-order valence-corrected chi connectivity index (χ4v) is 1.84. The van der Waals surface area contributed by atoms with E-state index in [1.54, 1.807) is 16.9 Å². The molecule has 18 heavy (non-hydrogen) atoms. The van der Waals surface area contributed by atoms with Gasteiger partial charge in [-0.25, -0.2) is 4.68 Å². The summed E-state index contributed by atoms with van der Waals surface area (Å²) in [5.74, 6) is -0.0175. The zero-order valence-corrected chi connectivity index (χ0v) is 11.5. The van der Waals surface area contributed by atoms with Crippen LogP contribution in [0.2, 0.25) is 0 Å². The highest BCUT2D eigenvalue weighted by atomic mass is 79.9. The molecule has 2 aromatic heterocycles. The second-order valence-electron chi connectivity index (χ2n) is 3.78. The van der Waals surface area contributed by atoms with Gasteiger partial charge in [-0.3, -0.25) is 4.98 Å². The molecule has 0 fully saturated rings. The van der Waals surface area contributed by atoms with E-state index in [1.165, 1.54) is 0 Å². The predicted octanol–water partition coefficient (Wildman–Crippen LogP) is 1.74. The van der Waals surface area contributed by atoms with Crippen molar-refractivity contribution in [1.82, 2.24) is 14.8 Å². The Morgan fingerprint density at radius 2 is 2.17 bits per heavy atom. The highest BCUT2D eigenvalue weighted by molar-refractivity contribution is 9.10. The quantitative estimate of drug-likeness (QED) is 0.383. The molecule has 0 spiro atoms. The van der Waals surface area contributed by atoms with Crippen LogP contribution < -0.4 is 5.73 Å². The fraction of sp³-hybridized carbons (Fsp3) is 0.182. The van der Waals surface area contributed by atoms with Crippen molar-refractivity contribution in [3.63, 3.8) is 0 Å². The van der Waals surface area contributed by atoms with E-state index in [-0.39, 0.29) is 5.84 Å². The smallest absolute Gasteiger partial charge is 0.188 e. The molecule has 0 aliphatic heterocycles. The van der Waals surface area contributed by atoms with Crippen molar-refractivity contribution in [3.8, 4) is 5.69 Å². The van der Waals surface area contributed by atoms with Gasteiger partial charge in [-0.15, -0.1) is 0 Å². The molecule has 0 atom stereocenters. The lowest BCUT2D eigenvalue weighted by molar-refractivity contribution is 0.318. The first-order chi connectivity index (χ1) is 8.54. The van der Waals surface area contributed by atoms with E-state index in [1.807, 2.05) is 19.9 Å². The second kappa shape index (κ2) is 4.77. The number of hydrogen-bond acceptors (Lipinski definition) is 4. The summed E-state index contributed by atoms with van der Waals surface area (Å²) < 4.78 is 2.76. The Morgan fingerprint density at radius 1 is 1.44 bits per heavy atom. The lowest BCUT2D eigenvalue weighted by Gasteiger charge is -2.04. The summed E-state index contributed by atoms with van der Waals surface area (Å²) in [5.41, 5.74) is 8.58. The van der Waals surface area contributed by atoms with Crippen molar-refractivity contribution in [1.29, 1.82) is 0 Å². The minimum Gasteiger partial charge on any atom is -0.409 e. The first-order valence-electron chi connectivity index (χ1n) is 5.20. The third-order valence-corrected chi connectivity index (χ3v) is 3.71. The van der Waals surface area contributed by atoms with Gasteiger partial charge in [0.1, 0.15) is 5.69 Å². The molecule has 0 aliphatic carbocycles. The topological polar surface area (TPSA) is 89.3 Å². The Kier molecular flexibility index (Phi) is 3.33. The highest BCUT2D eigenvalue weighted by Gasteiger charge is 2.10. The predicted molar refractivity (Wildman–Crippen MR) is 71.0 cm³/mol. The van der Waals surface area contributed by atoms with E-state index < -0.39 is 0 Å². The average molecular weight is 310 g/mol. The van der Waals surface area contributed by atoms with Crippen LogP contribution in [0.25, 0.3) is 5.69 Å². The van der Waals surface area contributed by atoms with Gasteiger partial charge in [0, 0.05) is 0 Å². The SMILES string of the molecule is Cc1nn(-c2ccc(/C(N)=N/O)nc2)c(C)c1Br. The number of nitrogens with two attached hydrogens (primary N) is 1. The Hall–Kier alpha value is -1.89. The van der Waals surface area contributed by atoms with Crippen molar-refractivity contribution < 1.29 is 5.21 Å². The zero-order chi connectivity index (χ0) is 13.3. The lowest BCUT2D eigenvalue weighted by atomic mass is 10.3. The Labute approximate surface area is 112 Å². The van der Waals surface area contributed by atoms with E-state index in [0.717, 1.165) is 21.5 Å². The van der Waals surface area contributed by atoms with Gasteiger partial charge in [-0.05, 0) is 41.9 Å². The van der Waals surface area contributed by atoms with Gasteiger partial charge in [-0.2, -0.15) is 5.10 Å². The molecule has 0 amide bonds. The van der Waals surface area contributed by atoms with Crippen LogP contribution in [0, 0.1) is 13.8 Å². The first-order valence-corrected chi connectivity index (χ1v) is 6.00. The van der Waals surface area contributed by atoms with Crippen LogP contribution in [0.15, 0.2) is 28.0 Å². The number of aromatic nitrogens is 3. The molecule has 7 heteroatoms. The number of oxime groups is 1. The van der Waals surface area contributed by atoms with Crippen molar-refractivity contribution in [2.24, 2.45) is 10.9 Å². The van der Waals surface area contributed by atoms with Crippen LogP contribution >= 0.6 is 15.9 Å². The molecular weight excluding hydrogens is 298 g/mol. The number of amidine groups is 1.